The summed E-state index contributed by atoms with van der Waals surface area (Å²) in [5.41, 5.74) is 10.6. The van der Waals surface area contributed by atoms with E-state index in [0.717, 1.165) is 17.1 Å². The predicted molar refractivity (Wildman–Crippen MR) is 227 cm³/mol. The molecule has 10 aromatic rings. The first-order valence-electron chi connectivity index (χ1n) is 18.3. The number of hydrogen-bond donors (Lipinski definition) is 0. The van der Waals surface area contributed by atoms with E-state index in [0.29, 0.717) is 0 Å². The van der Waals surface area contributed by atoms with Gasteiger partial charge in [0, 0.05) is 17.1 Å². The summed E-state index contributed by atoms with van der Waals surface area (Å²) in [6.45, 7) is 0. The summed E-state index contributed by atoms with van der Waals surface area (Å²) in [5, 5.41) is 10.2. The van der Waals surface area contributed by atoms with Crippen molar-refractivity contribution in [2.75, 3.05) is 4.90 Å². The van der Waals surface area contributed by atoms with Gasteiger partial charge in [0.05, 0.1) is 0 Å². The summed E-state index contributed by atoms with van der Waals surface area (Å²) in [4.78, 5) is 2.37. The zero-order valence-electron chi connectivity index (χ0n) is 29.2. The number of rotatable bonds is 6. The molecule has 0 amide bonds. The van der Waals surface area contributed by atoms with E-state index in [9.17, 15) is 0 Å². The van der Waals surface area contributed by atoms with E-state index in [2.05, 4.69) is 217 Å². The van der Waals surface area contributed by atoms with Gasteiger partial charge in [0.2, 0.25) is 0 Å². The van der Waals surface area contributed by atoms with E-state index in [1.165, 1.54) is 76.5 Å². The summed E-state index contributed by atoms with van der Waals surface area (Å²) in [6.07, 6.45) is 0. The Morgan fingerprint density at radius 1 is 0.226 bits per heavy atom. The van der Waals surface area contributed by atoms with Crippen molar-refractivity contribution in [2.24, 2.45) is 0 Å². The van der Waals surface area contributed by atoms with Gasteiger partial charge in [0.25, 0.3) is 0 Å². The second-order valence-electron chi connectivity index (χ2n) is 13.7. The van der Waals surface area contributed by atoms with Crippen LogP contribution in [-0.4, -0.2) is 0 Å². The van der Waals surface area contributed by atoms with Gasteiger partial charge in [-0.3, -0.25) is 0 Å². The standard InChI is InChI=1S/C52H35N/c1-2-11-36(12-3-1)37-23-28-42(29-24-37)53(44-17-8-16-41(35-44)48-20-9-15-38-13-4-6-18-45(38)48)43-30-25-40(26-31-43)47-21-10-22-49-50(47)33-34-51-46-19-7-5-14-39(46)27-32-52(49)51/h1-35H. The smallest absolute Gasteiger partial charge is 0.0467 e. The number of hydrogen-bond acceptors (Lipinski definition) is 1. The van der Waals surface area contributed by atoms with E-state index >= 15 is 0 Å². The van der Waals surface area contributed by atoms with Crippen LogP contribution in [0.1, 0.15) is 0 Å². The third kappa shape index (κ3) is 5.51. The minimum absolute atomic E-state index is 1.11. The highest BCUT2D eigenvalue weighted by atomic mass is 15.1. The fourth-order valence-electron chi connectivity index (χ4n) is 8.07. The van der Waals surface area contributed by atoms with Crippen molar-refractivity contribution in [1.29, 1.82) is 0 Å². The normalized spacial score (nSPS) is 11.4. The van der Waals surface area contributed by atoms with Crippen LogP contribution < -0.4 is 4.90 Å². The van der Waals surface area contributed by atoms with Crippen molar-refractivity contribution in [3.63, 3.8) is 0 Å². The zero-order chi connectivity index (χ0) is 35.1. The minimum atomic E-state index is 1.11. The van der Waals surface area contributed by atoms with Crippen molar-refractivity contribution in [3.05, 3.63) is 212 Å². The summed E-state index contributed by atoms with van der Waals surface area (Å²) in [5.74, 6) is 0. The van der Waals surface area contributed by atoms with Crippen molar-refractivity contribution < 1.29 is 0 Å². The molecule has 1 heteroatoms. The van der Waals surface area contributed by atoms with Gasteiger partial charge in [0.15, 0.2) is 0 Å². The molecule has 10 aromatic carbocycles. The molecule has 0 N–H and O–H groups in total. The molecule has 0 aliphatic rings. The maximum absolute atomic E-state index is 2.37. The first-order valence-corrected chi connectivity index (χ1v) is 18.3. The van der Waals surface area contributed by atoms with Crippen LogP contribution in [0.5, 0.6) is 0 Å². The molecule has 0 saturated carbocycles. The number of anilines is 3. The third-order valence-corrected chi connectivity index (χ3v) is 10.7. The van der Waals surface area contributed by atoms with Gasteiger partial charge in [-0.2, -0.15) is 0 Å². The lowest BCUT2D eigenvalue weighted by Gasteiger charge is -2.26. The number of fused-ring (bicyclic) bond motifs is 6. The van der Waals surface area contributed by atoms with Gasteiger partial charge >= 0.3 is 0 Å². The van der Waals surface area contributed by atoms with E-state index in [1.807, 2.05) is 0 Å². The molecule has 0 radical (unpaired) electrons. The van der Waals surface area contributed by atoms with Gasteiger partial charge < -0.3 is 4.90 Å². The van der Waals surface area contributed by atoms with Crippen molar-refractivity contribution in [1.82, 2.24) is 0 Å². The Bertz CT molecular complexity index is 2920. The van der Waals surface area contributed by atoms with Crippen LogP contribution in [0.4, 0.5) is 17.1 Å². The van der Waals surface area contributed by atoms with E-state index in [1.54, 1.807) is 0 Å². The Kier molecular flexibility index (Phi) is 7.55. The molecule has 0 unspecified atom stereocenters. The molecular weight excluding hydrogens is 639 g/mol. The lowest BCUT2D eigenvalue weighted by atomic mass is 9.92. The highest BCUT2D eigenvalue weighted by molar-refractivity contribution is 6.19. The minimum Gasteiger partial charge on any atom is -0.310 e. The third-order valence-electron chi connectivity index (χ3n) is 10.7. The molecule has 0 bridgehead atoms. The largest absolute Gasteiger partial charge is 0.310 e. The van der Waals surface area contributed by atoms with Gasteiger partial charge in [-0.15, -0.1) is 0 Å². The molecule has 1 nitrogen and oxygen atoms in total. The topological polar surface area (TPSA) is 3.24 Å². The van der Waals surface area contributed by atoms with Crippen molar-refractivity contribution in [2.45, 2.75) is 0 Å². The molecule has 0 heterocycles. The lowest BCUT2D eigenvalue weighted by Crippen LogP contribution is -2.10. The van der Waals surface area contributed by atoms with Crippen LogP contribution >= 0.6 is 0 Å². The average Bonchev–Trinajstić information content (AvgIpc) is 3.24. The SMILES string of the molecule is c1ccc(-c2ccc(N(c3ccc(-c4cccc5c4ccc4c6ccccc6ccc54)cc3)c3cccc(-c4cccc5ccccc45)c3)cc2)cc1. The second-order valence-corrected chi connectivity index (χ2v) is 13.7. The Labute approximate surface area is 309 Å². The Morgan fingerprint density at radius 3 is 1.47 bits per heavy atom. The van der Waals surface area contributed by atoms with Crippen LogP contribution in [0, 0.1) is 0 Å². The number of benzene rings is 10. The molecule has 0 aliphatic carbocycles. The van der Waals surface area contributed by atoms with Gasteiger partial charge in [-0.1, -0.05) is 176 Å². The molecule has 53 heavy (non-hydrogen) atoms. The van der Waals surface area contributed by atoms with Gasteiger partial charge in [-0.05, 0) is 113 Å². The molecule has 0 atom stereocenters. The monoisotopic (exact) mass is 673 g/mol. The summed E-state index contributed by atoms with van der Waals surface area (Å²) >= 11 is 0. The predicted octanol–water partition coefficient (Wildman–Crippen LogP) is 14.8. The molecule has 0 fully saturated rings. The molecule has 0 saturated heterocycles. The van der Waals surface area contributed by atoms with Crippen LogP contribution in [0.15, 0.2) is 212 Å². The van der Waals surface area contributed by atoms with Crippen LogP contribution in [0.25, 0.3) is 76.5 Å². The van der Waals surface area contributed by atoms with Gasteiger partial charge in [0.1, 0.15) is 0 Å². The van der Waals surface area contributed by atoms with Gasteiger partial charge in [-0.25, -0.2) is 0 Å². The lowest BCUT2D eigenvalue weighted by molar-refractivity contribution is 1.28. The first kappa shape index (κ1) is 30.8. The summed E-state index contributed by atoms with van der Waals surface area (Å²) < 4.78 is 0. The highest BCUT2D eigenvalue weighted by Gasteiger charge is 2.16. The highest BCUT2D eigenvalue weighted by Crippen LogP contribution is 2.41. The van der Waals surface area contributed by atoms with Crippen molar-refractivity contribution in [3.8, 4) is 33.4 Å². The summed E-state index contributed by atoms with van der Waals surface area (Å²) in [7, 11) is 0. The zero-order valence-corrected chi connectivity index (χ0v) is 29.2. The maximum atomic E-state index is 2.37. The maximum Gasteiger partial charge on any atom is 0.0467 e. The fraction of sp³-hybridized carbons (Fsp3) is 0. The molecule has 0 aromatic heterocycles. The van der Waals surface area contributed by atoms with Crippen LogP contribution in [0.2, 0.25) is 0 Å². The molecule has 248 valence electrons. The van der Waals surface area contributed by atoms with E-state index in [4.69, 9.17) is 0 Å². The molecule has 0 aliphatic heterocycles. The van der Waals surface area contributed by atoms with E-state index < -0.39 is 0 Å². The summed E-state index contributed by atoms with van der Waals surface area (Å²) in [6, 6.07) is 77.2. The Hall–Kier alpha value is -6.96. The number of nitrogens with zero attached hydrogens (tertiary/aromatic N) is 1. The van der Waals surface area contributed by atoms with Crippen LogP contribution in [-0.2, 0) is 0 Å². The van der Waals surface area contributed by atoms with Crippen molar-refractivity contribution >= 4 is 60.2 Å². The molecule has 0 spiro atoms. The Morgan fingerprint density at radius 2 is 0.698 bits per heavy atom. The second kappa shape index (κ2) is 13.0. The molecule has 10 rings (SSSR count). The Balaban J connectivity index is 1.08. The molecular formula is C52H35N. The average molecular weight is 674 g/mol. The van der Waals surface area contributed by atoms with Crippen LogP contribution in [0.3, 0.4) is 0 Å². The first-order chi connectivity index (χ1) is 26.3. The van der Waals surface area contributed by atoms with E-state index in [-0.39, 0.29) is 0 Å². The fourth-order valence-corrected chi connectivity index (χ4v) is 8.07. The quantitative estimate of drug-likeness (QED) is 0.159.